The lowest BCUT2D eigenvalue weighted by Gasteiger charge is -2.25. The minimum Gasteiger partial charge on any atom is -0.455 e. The van der Waals surface area contributed by atoms with E-state index in [1.165, 1.54) is 12.1 Å². The number of sulfone groups is 1. The molecule has 1 aliphatic rings. The van der Waals surface area contributed by atoms with Gasteiger partial charge < -0.3 is 24.1 Å². The maximum atomic E-state index is 12.8. The van der Waals surface area contributed by atoms with Gasteiger partial charge in [-0.3, -0.25) is 14.4 Å². The third-order valence-electron chi connectivity index (χ3n) is 4.04. The van der Waals surface area contributed by atoms with E-state index in [9.17, 15) is 27.9 Å². The average molecular weight is 430 g/mol. The summed E-state index contributed by atoms with van der Waals surface area (Å²) < 4.78 is 46.0. The van der Waals surface area contributed by atoms with Crippen molar-refractivity contribution in [2.75, 3.05) is 0 Å². The Morgan fingerprint density at radius 3 is 1.90 bits per heavy atom. The van der Waals surface area contributed by atoms with Crippen LogP contribution >= 0.6 is 0 Å². The van der Waals surface area contributed by atoms with Gasteiger partial charge in [0.1, 0.15) is 6.10 Å². The van der Waals surface area contributed by atoms with Crippen molar-refractivity contribution in [2.45, 2.75) is 62.6 Å². The Morgan fingerprint density at radius 2 is 1.41 bits per heavy atom. The highest BCUT2D eigenvalue weighted by molar-refractivity contribution is 7.92. The largest absolute Gasteiger partial charge is 0.455 e. The van der Waals surface area contributed by atoms with Crippen LogP contribution in [0.15, 0.2) is 29.2 Å². The maximum Gasteiger partial charge on any atom is 0.305 e. The van der Waals surface area contributed by atoms with Gasteiger partial charge >= 0.3 is 17.9 Å². The Labute approximate surface area is 167 Å². The van der Waals surface area contributed by atoms with Gasteiger partial charge in [0, 0.05) is 20.8 Å². The molecule has 1 unspecified atom stereocenters. The van der Waals surface area contributed by atoms with Gasteiger partial charge in [0.15, 0.2) is 11.5 Å². The van der Waals surface area contributed by atoms with Crippen molar-refractivity contribution in [3.63, 3.8) is 0 Å². The second-order valence-corrected chi connectivity index (χ2v) is 8.52. The highest BCUT2D eigenvalue weighted by Crippen LogP contribution is 2.33. The fourth-order valence-corrected chi connectivity index (χ4v) is 4.19. The number of carbonyl (C=O) groups excluding carboxylic acids is 3. The topological polar surface area (TPSA) is 143 Å². The maximum absolute atomic E-state index is 12.8. The number of aliphatic hydroxyl groups excluding tert-OH is 1. The van der Waals surface area contributed by atoms with Crippen LogP contribution in [-0.2, 0) is 43.2 Å². The van der Waals surface area contributed by atoms with Crippen LogP contribution in [0.2, 0.25) is 0 Å². The van der Waals surface area contributed by atoms with E-state index >= 15 is 0 Å². The minimum atomic E-state index is -4.35. The van der Waals surface area contributed by atoms with E-state index in [4.69, 9.17) is 18.9 Å². The highest BCUT2D eigenvalue weighted by atomic mass is 32.2. The highest BCUT2D eigenvalue weighted by Gasteiger charge is 2.56. The molecular weight excluding hydrogens is 408 g/mol. The van der Waals surface area contributed by atoms with Crippen molar-refractivity contribution in [3.05, 3.63) is 29.8 Å². The molecule has 0 aliphatic carbocycles. The molecular formula is C18H22O10S. The first kappa shape index (κ1) is 22.8. The molecule has 0 aromatic heterocycles. The SMILES string of the molecule is CC(=O)O[C@H]1O[C@H](C(O)S(=O)(=O)c2ccc(C)cc2)[C@@H](OC(C)=O)[C@H]1OC(C)=O. The van der Waals surface area contributed by atoms with Gasteiger partial charge in [-0.15, -0.1) is 0 Å². The van der Waals surface area contributed by atoms with Crippen molar-refractivity contribution in [2.24, 2.45) is 0 Å². The lowest BCUT2D eigenvalue weighted by molar-refractivity contribution is -0.197. The molecule has 1 fully saturated rings. The van der Waals surface area contributed by atoms with Crippen LogP contribution in [0.4, 0.5) is 0 Å². The van der Waals surface area contributed by atoms with Crippen molar-refractivity contribution < 1.29 is 46.9 Å². The van der Waals surface area contributed by atoms with Gasteiger partial charge in [0.25, 0.3) is 0 Å². The number of ether oxygens (including phenoxy) is 4. The predicted molar refractivity (Wildman–Crippen MR) is 95.9 cm³/mol. The standard InChI is InChI=1S/C18H22O10S/c1-9-5-7-13(8-6-9)29(23,24)17(22)15-14(25-10(2)19)16(26-11(3)20)18(28-15)27-12(4)21/h5-8,14-18,22H,1-4H3/t14-,15+,16-,17?,18+/m1/s1. The molecule has 0 saturated carbocycles. The average Bonchev–Trinajstić information content (AvgIpc) is 2.90. The summed E-state index contributed by atoms with van der Waals surface area (Å²) in [5.74, 6) is -2.47. The first-order valence-electron chi connectivity index (χ1n) is 8.59. The Bertz CT molecular complexity index is 876. The second kappa shape index (κ2) is 8.89. The summed E-state index contributed by atoms with van der Waals surface area (Å²) in [4.78, 5) is 34.1. The summed E-state index contributed by atoms with van der Waals surface area (Å²) in [6.45, 7) is 4.92. The Hall–Kier alpha value is -2.50. The molecule has 1 aliphatic heterocycles. The first-order chi connectivity index (χ1) is 13.4. The molecule has 0 bridgehead atoms. The molecule has 29 heavy (non-hydrogen) atoms. The number of hydrogen-bond donors (Lipinski definition) is 1. The van der Waals surface area contributed by atoms with Crippen LogP contribution in [-0.4, -0.2) is 61.5 Å². The van der Waals surface area contributed by atoms with E-state index in [1.807, 2.05) is 0 Å². The Morgan fingerprint density at radius 1 is 0.931 bits per heavy atom. The molecule has 1 N–H and O–H groups in total. The number of aliphatic hydroxyl groups is 1. The molecule has 1 aromatic carbocycles. The molecule has 1 aromatic rings. The zero-order valence-corrected chi connectivity index (χ0v) is 17.0. The summed E-state index contributed by atoms with van der Waals surface area (Å²) in [5.41, 5.74) is -1.40. The number of hydrogen-bond acceptors (Lipinski definition) is 10. The summed E-state index contributed by atoms with van der Waals surface area (Å²) in [5, 5.41) is 10.6. The van der Waals surface area contributed by atoms with Crippen LogP contribution in [0.1, 0.15) is 26.3 Å². The number of rotatable bonds is 6. The van der Waals surface area contributed by atoms with Gasteiger partial charge in [-0.2, -0.15) is 0 Å². The molecule has 1 saturated heterocycles. The molecule has 11 heteroatoms. The second-order valence-electron chi connectivity index (χ2n) is 6.48. The Balaban J connectivity index is 2.43. The van der Waals surface area contributed by atoms with Crippen molar-refractivity contribution in [1.82, 2.24) is 0 Å². The van der Waals surface area contributed by atoms with Crippen LogP contribution < -0.4 is 0 Å². The van der Waals surface area contributed by atoms with E-state index in [0.717, 1.165) is 26.3 Å². The molecule has 160 valence electrons. The predicted octanol–water partition coefficient (Wildman–Crippen LogP) is 0.239. The van der Waals surface area contributed by atoms with Gasteiger partial charge in [-0.05, 0) is 19.1 Å². The lowest BCUT2D eigenvalue weighted by atomic mass is 10.1. The van der Waals surface area contributed by atoms with E-state index in [2.05, 4.69) is 0 Å². The zero-order valence-electron chi connectivity index (χ0n) is 16.2. The van der Waals surface area contributed by atoms with E-state index in [0.29, 0.717) is 0 Å². The molecule has 5 atom stereocenters. The van der Waals surface area contributed by atoms with Gasteiger partial charge in [0.2, 0.25) is 22.2 Å². The summed E-state index contributed by atoms with van der Waals surface area (Å²) >= 11 is 0. The van der Waals surface area contributed by atoms with Crippen LogP contribution in [0, 0.1) is 6.92 Å². The number of esters is 3. The number of benzene rings is 1. The molecule has 0 radical (unpaired) electrons. The molecule has 1 heterocycles. The number of carbonyl (C=O) groups is 3. The van der Waals surface area contributed by atoms with E-state index in [1.54, 1.807) is 19.1 Å². The summed E-state index contributed by atoms with van der Waals surface area (Å²) in [6.07, 6.45) is -6.25. The van der Waals surface area contributed by atoms with Gasteiger partial charge in [0.05, 0.1) is 4.90 Å². The zero-order chi connectivity index (χ0) is 21.9. The van der Waals surface area contributed by atoms with Crippen molar-refractivity contribution >= 4 is 27.7 Å². The van der Waals surface area contributed by atoms with Crippen LogP contribution in [0.25, 0.3) is 0 Å². The van der Waals surface area contributed by atoms with E-state index < -0.39 is 57.8 Å². The third kappa shape index (κ3) is 5.31. The fraction of sp³-hybridized carbons (Fsp3) is 0.500. The molecule has 2 rings (SSSR count). The molecule has 0 spiro atoms. The quantitative estimate of drug-likeness (QED) is 0.492. The monoisotopic (exact) mass is 430 g/mol. The van der Waals surface area contributed by atoms with Crippen molar-refractivity contribution in [3.8, 4) is 0 Å². The molecule has 0 amide bonds. The van der Waals surface area contributed by atoms with E-state index in [-0.39, 0.29) is 4.90 Å². The Kier molecular flexibility index (Phi) is 6.98. The third-order valence-corrected chi connectivity index (χ3v) is 5.88. The fourth-order valence-electron chi connectivity index (χ4n) is 2.82. The normalized spacial score (nSPS) is 25.1. The van der Waals surface area contributed by atoms with Crippen LogP contribution in [0.5, 0.6) is 0 Å². The van der Waals surface area contributed by atoms with Gasteiger partial charge in [-0.1, -0.05) is 17.7 Å². The smallest absolute Gasteiger partial charge is 0.305 e. The van der Waals surface area contributed by atoms with Crippen LogP contribution in [0.3, 0.4) is 0 Å². The summed E-state index contributed by atoms with van der Waals surface area (Å²) in [7, 11) is -4.35. The first-order valence-corrected chi connectivity index (χ1v) is 10.1. The minimum absolute atomic E-state index is 0.194. The number of aryl methyl sites for hydroxylation is 1. The van der Waals surface area contributed by atoms with Crippen molar-refractivity contribution in [1.29, 1.82) is 0 Å². The molecule has 10 nitrogen and oxygen atoms in total. The lowest BCUT2D eigenvalue weighted by Crippen LogP contribution is -2.46. The summed E-state index contributed by atoms with van der Waals surface area (Å²) in [6, 6.07) is 5.69. The van der Waals surface area contributed by atoms with Gasteiger partial charge in [-0.25, -0.2) is 8.42 Å².